The van der Waals surface area contributed by atoms with E-state index < -0.39 is 0 Å². The molecule has 7 nitrogen and oxygen atoms in total. The molecule has 1 aliphatic heterocycles. The maximum atomic E-state index is 12.4. The van der Waals surface area contributed by atoms with Crippen LogP contribution in [-0.2, 0) is 0 Å². The van der Waals surface area contributed by atoms with E-state index in [1.165, 1.54) is 0 Å². The zero-order valence-corrected chi connectivity index (χ0v) is 13.6. The molecule has 3 aromatic rings. The molecule has 1 aromatic carbocycles. The standard InChI is InChI=1S/C18H16N4O3/c1-24-14-7-5-12(6-8-14)18(23)22-10-13(11-22)17-20-16(21-25-17)15-4-2-3-9-19-15/h2-9,13H,10-11H2,1H3. The number of methoxy groups -OCH3 is 1. The Morgan fingerprint density at radius 3 is 2.68 bits per heavy atom. The summed E-state index contributed by atoms with van der Waals surface area (Å²) in [6.07, 6.45) is 1.68. The molecule has 0 unspecified atom stereocenters. The maximum Gasteiger partial charge on any atom is 0.253 e. The fourth-order valence-corrected chi connectivity index (χ4v) is 2.72. The summed E-state index contributed by atoms with van der Waals surface area (Å²) in [6, 6.07) is 12.6. The van der Waals surface area contributed by atoms with Crippen LogP contribution in [0.5, 0.6) is 5.75 Å². The van der Waals surface area contributed by atoms with Gasteiger partial charge in [0.1, 0.15) is 11.4 Å². The smallest absolute Gasteiger partial charge is 0.253 e. The van der Waals surface area contributed by atoms with Gasteiger partial charge in [0, 0.05) is 24.8 Å². The highest BCUT2D eigenvalue weighted by Crippen LogP contribution is 2.28. The number of hydrogen-bond acceptors (Lipinski definition) is 6. The molecule has 0 aliphatic carbocycles. The maximum absolute atomic E-state index is 12.4. The second-order valence-corrected chi connectivity index (χ2v) is 5.81. The van der Waals surface area contributed by atoms with Gasteiger partial charge < -0.3 is 14.2 Å². The van der Waals surface area contributed by atoms with Gasteiger partial charge in [-0.2, -0.15) is 4.98 Å². The summed E-state index contributed by atoms with van der Waals surface area (Å²) in [5.41, 5.74) is 1.31. The molecule has 3 heterocycles. The van der Waals surface area contributed by atoms with E-state index in [1.807, 2.05) is 18.2 Å². The highest BCUT2D eigenvalue weighted by molar-refractivity contribution is 5.95. The van der Waals surface area contributed by atoms with Crippen molar-refractivity contribution in [3.63, 3.8) is 0 Å². The molecular weight excluding hydrogens is 320 g/mol. The first-order valence-electron chi connectivity index (χ1n) is 7.93. The Morgan fingerprint density at radius 2 is 2.00 bits per heavy atom. The molecule has 7 heteroatoms. The zero-order chi connectivity index (χ0) is 17.2. The normalized spacial score (nSPS) is 14.2. The number of pyridine rings is 1. The second kappa shape index (κ2) is 6.35. The molecular formula is C18H16N4O3. The minimum Gasteiger partial charge on any atom is -0.497 e. The number of nitrogens with zero attached hydrogens (tertiary/aromatic N) is 4. The number of likely N-dealkylation sites (tertiary alicyclic amines) is 1. The summed E-state index contributed by atoms with van der Waals surface area (Å²) >= 11 is 0. The molecule has 0 atom stereocenters. The minimum absolute atomic E-state index is 0.0108. The van der Waals surface area contributed by atoms with E-state index >= 15 is 0 Å². The Kier molecular flexibility index (Phi) is 3.89. The first kappa shape index (κ1) is 15.3. The Balaban J connectivity index is 1.40. The van der Waals surface area contributed by atoms with Crippen molar-refractivity contribution in [3.05, 3.63) is 60.1 Å². The third kappa shape index (κ3) is 2.96. The van der Waals surface area contributed by atoms with Gasteiger partial charge >= 0.3 is 0 Å². The first-order valence-corrected chi connectivity index (χ1v) is 7.93. The molecule has 4 rings (SSSR count). The predicted octanol–water partition coefficient (Wildman–Crippen LogP) is 2.38. The van der Waals surface area contributed by atoms with Crippen LogP contribution in [0, 0.1) is 0 Å². The van der Waals surface area contributed by atoms with Crippen LogP contribution < -0.4 is 4.74 Å². The van der Waals surface area contributed by atoms with Gasteiger partial charge in [-0.3, -0.25) is 9.78 Å². The lowest BCUT2D eigenvalue weighted by molar-refractivity contribution is 0.0569. The molecule has 1 amide bonds. The third-order valence-corrected chi connectivity index (χ3v) is 4.19. The second-order valence-electron chi connectivity index (χ2n) is 5.81. The summed E-state index contributed by atoms with van der Waals surface area (Å²) in [4.78, 5) is 22.8. The highest BCUT2D eigenvalue weighted by Gasteiger charge is 2.36. The lowest BCUT2D eigenvalue weighted by Crippen LogP contribution is -2.48. The number of carbonyl (C=O) groups excluding carboxylic acids is 1. The quantitative estimate of drug-likeness (QED) is 0.727. The van der Waals surface area contributed by atoms with Crippen LogP contribution in [-0.4, -0.2) is 46.1 Å². The van der Waals surface area contributed by atoms with Crippen molar-refractivity contribution >= 4 is 5.91 Å². The molecule has 1 aliphatic rings. The van der Waals surface area contributed by atoms with Crippen LogP contribution in [0.25, 0.3) is 11.5 Å². The van der Waals surface area contributed by atoms with Crippen molar-refractivity contribution < 1.29 is 14.1 Å². The molecule has 0 saturated carbocycles. The molecule has 0 bridgehead atoms. The predicted molar refractivity (Wildman–Crippen MR) is 89.2 cm³/mol. The number of aromatic nitrogens is 3. The van der Waals surface area contributed by atoms with E-state index in [0.29, 0.717) is 36.1 Å². The Labute approximate surface area is 144 Å². The van der Waals surface area contributed by atoms with Gasteiger partial charge in [0.05, 0.1) is 13.0 Å². The van der Waals surface area contributed by atoms with E-state index in [-0.39, 0.29) is 11.8 Å². The first-order chi connectivity index (χ1) is 12.2. The number of carbonyl (C=O) groups is 1. The van der Waals surface area contributed by atoms with Gasteiger partial charge in [-0.15, -0.1) is 0 Å². The lowest BCUT2D eigenvalue weighted by Gasteiger charge is -2.37. The zero-order valence-electron chi connectivity index (χ0n) is 13.6. The lowest BCUT2D eigenvalue weighted by atomic mass is 9.98. The van der Waals surface area contributed by atoms with Crippen LogP contribution in [0.2, 0.25) is 0 Å². The van der Waals surface area contributed by atoms with Crippen molar-refractivity contribution in [2.45, 2.75) is 5.92 Å². The van der Waals surface area contributed by atoms with Gasteiger partial charge in [0.2, 0.25) is 11.7 Å². The molecule has 1 fully saturated rings. The average molecular weight is 336 g/mol. The molecule has 0 N–H and O–H groups in total. The number of hydrogen-bond donors (Lipinski definition) is 0. The van der Waals surface area contributed by atoms with Gasteiger partial charge in [-0.05, 0) is 36.4 Å². The number of benzene rings is 1. The van der Waals surface area contributed by atoms with Crippen LogP contribution >= 0.6 is 0 Å². The number of rotatable bonds is 4. The summed E-state index contributed by atoms with van der Waals surface area (Å²) < 4.78 is 10.4. The van der Waals surface area contributed by atoms with Crippen molar-refractivity contribution in [1.29, 1.82) is 0 Å². The van der Waals surface area contributed by atoms with Gasteiger partial charge in [-0.1, -0.05) is 11.2 Å². The van der Waals surface area contributed by atoms with Crippen molar-refractivity contribution in [2.75, 3.05) is 20.2 Å². The van der Waals surface area contributed by atoms with Gasteiger partial charge in [0.15, 0.2) is 0 Å². The summed E-state index contributed by atoms with van der Waals surface area (Å²) in [5, 5.41) is 3.97. The van der Waals surface area contributed by atoms with Gasteiger partial charge in [0.25, 0.3) is 5.91 Å². The van der Waals surface area contributed by atoms with Crippen molar-refractivity contribution in [2.24, 2.45) is 0 Å². The molecule has 126 valence electrons. The fraction of sp³-hybridized carbons (Fsp3) is 0.222. The van der Waals surface area contributed by atoms with Crippen LogP contribution in [0.15, 0.2) is 53.2 Å². The molecule has 0 spiro atoms. The SMILES string of the molecule is COc1ccc(C(=O)N2CC(c3nc(-c4ccccn4)no3)C2)cc1. The summed E-state index contributed by atoms with van der Waals surface area (Å²) in [7, 11) is 1.60. The van der Waals surface area contributed by atoms with Crippen LogP contribution in [0.3, 0.4) is 0 Å². The Hall–Kier alpha value is -3.22. The minimum atomic E-state index is -0.0108. The average Bonchev–Trinajstić information content (AvgIpc) is 3.11. The van der Waals surface area contributed by atoms with E-state index in [9.17, 15) is 4.79 Å². The highest BCUT2D eigenvalue weighted by atomic mass is 16.5. The van der Waals surface area contributed by atoms with Crippen LogP contribution in [0.4, 0.5) is 0 Å². The topological polar surface area (TPSA) is 81.4 Å². The monoisotopic (exact) mass is 336 g/mol. The molecule has 1 saturated heterocycles. The summed E-state index contributed by atoms with van der Waals surface area (Å²) in [5.74, 6) is 1.79. The van der Waals surface area contributed by atoms with Crippen molar-refractivity contribution in [1.82, 2.24) is 20.0 Å². The largest absolute Gasteiger partial charge is 0.497 e. The Morgan fingerprint density at radius 1 is 1.20 bits per heavy atom. The molecule has 2 aromatic heterocycles. The van der Waals surface area contributed by atoms with E-state index in [1.54, 1.807) is 42.5 Å². The van der Waals surface area contributed by atoms with E-state index in [4.69, 9.17) is 9.26 Å². The number of amides is 1. The number of ether oxygens (including phenoxy) is 1. The van der Waals surface area contributed by atoms with Gasteiger partial charge in [-0.25, -0.2) is 0 Å². The third-order valence-electron chi connectivity index (χ3n) is 4.19. The fourth-order valence-electron chi connectivity index (χ4n) is 2.72. The summed E-state index contributed by atoms with van der Waals surface area (Å²) in [6.45, 7) is 1.13. The molecule has 0 radical (unpaired) electrons. The molecule has 25 heavy (non-hydrogen) atoms. The van der Waals surface area contributed by atoms with Crippen molar-refractivity contribution in [3.8, 4) is 17.3 Å². The van der Waals surface area contributed by atoms with Crippen LogP contribution in [0.1, 0.15) is 22.2 Å². The van der Waals surface area contributed by atoms with E-state index in [2.05, 4.69) is 15.1 Å². The Bertz CT molecular complexity index is 871. The van der Waals surface area contributed by atoms with E-state index in [0.717, 1.165) is 5.75 Å².